The summed E-state index contributed by atoms with van der Waals surface area (Å²) in [4.78, 5) is 0. The molecule has 2 aromatic rings. The van der Waals surface area contributed by atoms with Crippen LogP contribution in [0.5, 0.6) is 0 Å². The van der Waals surface area contributed by atoms with Gasteiger partial charge in [0.1, 0.15) is 0 Å². The van der Waals surface area contributed by atoms with Crippen molar-refractivity contribution in [2.45, 2.75) is 25.4 Å². The van der Waals surface area contributed by atoms with Crippen LogP contribution in [0.1, 0.15) is 24.5 Å². The SMILES string of the molecule is CC[C@](O)(c1ccccc1)[C@@H](Cc1ccccc1)C[N+](C)(C)[O-]. The number of hydroxylamine groups is 3. The summed E-state index contributed by atoms with van der Waals surface area (Å²) in [5, 5.41) is 23.8. The summed E-state index contributed by atoms with van der Waals surface area (Å²) in [6, 6.07) is 19.8. The predicted molar refractivity (Wildman–Crippen MR) is 94.6 cm³/mol. The maximum atomic E-state index is 12.3. The van der Waals surface area contributed by atoms with Gasteiger partial charge in [-0.05, 0) is 24.0 Å². The summed E-state index contributed by atoms with van der Waals surface area (Å²) in [6.07, 6.45) is 1.26. The lowest BCUT2D eigenvalue weighted by atomic mass is 9.76. The topological polar surface area (TPSA) is 43.3 Å². The third kappa shape index (κ3) is 4.64. The normalized spacial score (nSPS) is 15.9. The van der Waals surface area contributed by atoms with Crippen molar-refractivity contribution >= 4 is 0 Å². The van der Waals surface area contributed by atoms with Crippen molar-refractivity contribution in [2.24, 2.45) is 5.92 Å². The molecule has 3 heteroatoms. The molecule has 0 heterocycles. The van der Waals surface area contributed by atoms with Gasteiger partial charge in [0, 0.05) is 5.92 Å². The van der Waals surface area contributed by atoms with Crippen LogP contribution in [0.25, 0.3) is 0 Å². The van der Waals surface area contributed by atoms with Crippen LogP contribution in [-0.2, 0) is 12.0 Å². The van der Waals surface area contributed by atoms with E-state index in [1.165, 1.54) is 0 Å². The smallest absolute Gasteiger partial charge is 0.0978 e. The van der Waals surface area contributed by atoms with Gasteiger partial charge in [-0.25, -0.2) is 0 Å². The van der Waals surface area contributed by atoms with Gasteiger partial charge >= 0.3 is 0 Å². The number of rotatable bonds is 7. The van der Waals surface area contributed by atoms with Crippen molar-refractivity contribution in [2.75, 3.05) is 20.6 Å². The molecule has 1 N–H and O–H groups in total. The summed E-state index contributed by atoms with van der Waals surface area (Å²) in [5.41, 5.74) is 1.03. The van der Waals surface area contributed by atoms with Crippen LogP contribution in [0.2, 0.25) is 0 Å². The molecule has 0 amide bonds. The Morgan fingerprint density at radius 3 is 2.00 bits per heavy atom. The molecular weight excluding hydrogens is 286 g/mol. The van der Waals surface area contributed by atoms with Crippen LogP contribution >= 0.6 is 0 Å². The fraction of sp³-hybridized carbons (Fsp3) is 0.400. The first-order valence-corrected chi connectivity index (χ1v) is 8.21. The Morgan fingerprint density at radius 1 is 1.00 bits per heavy atom. The monoisotopic (exact) mass is 313 g/mol. The van der Waals surface area contributed by atoms with E-state index in [0.717, 1.165) is 11.1 Å². The first kappa shape index (κ1) is 17.7. The van der Waals surface area contributed by atoms with Gasteiger partial charge in [-0.3, -0.25) is 0 Å². The van der Waals surface area contributed by atoms with Gasteiger partial charge in [0.25, 0.3) is 0 Å². The van der Waals surface area contributed by atoms with E-state index in [0.29, 0.717) is 19.4 Å². The highest BCUT2D eigenvalue weighted by atomic mass is 16.5. The molecule has 0 aliphatic heterocycles. The minimum absolute atomic E-state index is 0.148. The van der Waals surface area contributed by atoms with E-state index in [-0.39, 0.29) is 5.92 Å². The van der Waals surface area contributed by atoms with Gasteiger partial charge in [0.05, 0.1) is 26.2 Å². The molecule has 2 atom stereocenters. The summed E-state index contributed by atoms with van der Waals surface area (Å²) >= 11 is 0. The second kappa shape index (κ2) is 7.26. The van der Waals surface area contributed by atoms with E-state index >= 15 is 0 Å². The van der Waals surface area contributed by atoms with Gasteiger partial charge in [-0.2, -0.15) is 0 Å². The zero-order valence-electron chi connectivity index (χ0n) is 14.3. The third-order valence-electron chi connectivity index (χ3n) is 4.47. The quantitative estimate of drug-likeness (QED) is 0.625. The van der Waals surface area contributed by atoms with E-state index in [4.69, 9.17) is 0 Å². The Labute approximate surface area is 139 Å². The lowest BCUT2D eigenvalue weighted by molar-refractivity contribution is -0.845. The van der Waals surface area contributed by atoms with E-state index in [9.17, 15) is 10.3 Å². The Morgan fingerprint density at radius 2 is 1.52 bits per heavy atom. The average molecular weight is 313 g/mol. The number of benzene rings is 2. The van der Waals surface area contributed by atoms with Crippen molar-refractivity contribution in [3.8, 4) is 0 Å². The molecule has 0 spiro atoms. The summed E-state index contributed by atoms with van der Waals surface area (Å²) in [7, 11) is 3.28. The minimum atomic E-state index is -1.00. The van der Waals surface area contributed by atoms with Crippen LogP contribution in [0.3, 0.4) is 0 Å². The van der Waals surface area contributed by atoms with E-state index in [1.54, 1.807) is 14.1 Å². The number of hydrogen-bond acceptors (Lipinski definition) is 2. The van der Waals surface area contributed by atoms with E-state index in [1.807, 2.05) is 55.5 Å². The molecule has 0 fully saturated rings. The molecule has 2 aromatic carbocycles. The molecule has 0 aliphatic carbocycles. The minimum Gasteiger partial charge on any atom is -0.633 e. The second-order valence-corrected chi connectivity index (χ2v) is 6.79. The highest BCUT2D eigenvalue weighted by molar-refractivity contribution is 5.25. The fourth-order valence-corrected chi connectivity index (χ4v) is 3.27. The highest BCUT2D eigenvalue weighted by Crippen LogP contribution is 2.36. The Hall–Kier alpha value is -1.68. The Bertz CT molecular complexity index is 592. The summed E-state index contributed by atoms with van der Waals surface area (Å²) < 4.78 is -0.410. The summed E-state index contributed by atoms with van der Waals surface area (Å²) in [5.74, 6) is -0.148. The number of nitrogens with zero attached hydrogens (tertiary/aromatic N) is 1. The Balaban J connectivity index is 2.38. The zero-order valence-corrected chi connectivity index (χ0v) is 14.3. The molecule has 0 bridgehead atoms. The molecule has 0 aromatic heterocycles. The average Bonchev–Trinajstić information content (AvgIpc) is 2.54. The van der Waals surface area contributed by atoms with Crippen molar-refractivity contribution in [1.82, 2.24) is 0 Å². The van der Waals surface area contributed by atoms with Gasteiger partial charge in [0.15, 0.2) is 0 Å². The van der Waals surface area contributed by atoms with Crippen LogP contribution in [0, 0.1) is 11.1 Å². The first-order chi connectivity index (χ1) is 10.8. The maximum absolute atomic E-state index is 12.3. The molecule has 2 rings (SSSR count). The largest absolute Gasteiger partial charge is 0.633 e. The zero-order chi connectivity index (χ0) is 16.9. The van der Waals surface area contributed by atoms with E-state index in [2.05, 4.69) is 12.1 Å². The molecule has 0 aliphatic rings. The van der Waals surface area contributed by atoms with Gasteiger partial charge in [0.2, 0.25) is 0 Å². The van der Waals surface area contributed by atoms with Crippen LogP contribution in [0.15, 0.2) is 60.7 Å². The lowest BCUT2D eigenvalue weighted by Crippen LogP contribution is -2.47. The van der Waals surface area contributed by atoms with Crippen molar-refractivity contribution in [3.63, 3.8) is 0 Å². The van der Waals surface area contributed by atoms with Crippen LogP contribution in [0.4, 0.5) is 0 Å². The fourth-order valence-electron chi connectivity index (χ4n) is 3.27. The first-order valence-electron chi connectivity index (χ1n) is 8.21. The van der Waals surface area contributed by atoms with Crippen molar-refractivity contribution in [1.29, 1.82) is 0 Å². The molecule has 23 heavy (non-hydrogen) atoms. The molecule has 3 nitrogen and oxygen atoms in total. The van der Waals surface area contributed by atoms with Crippen LogP contribution < -0.4 is 0 Å². The molecule has 124 valence electrons. The van der Waals surface area contributed by atoms with Gasteiger partial charge < -0.3 is 15.0 Å². The standard InChI is InChI=1S/C20H27NO2/c1-4-20(22,18-13-9-6-10-14-18)19(16-21(2,3)23)15-17-11-7-5-8-12-17/h5-14,19,22H,4,15-16H2,1-3H3/t19-,20-/m0/s1. The molecule has 0 saturated carbocycles. The maximum Gasteiger partial charge on any atom is 0.0978 e. The van der Waals surface area contributed by atoms with Crippen LogP contribution in [-0.4, -0.2) is 30.4 Å². The second-order valence-electron chi connectivity index (χ2n) is 6.79. The summed E-state index contributed by atoms with van der Waals surface area (Å²) in [6.45, 7) is 2.35. The number of quaternary nitrogens is 1. The highest BCUT2D eigenvalue weighted by Gasteiger charge is 2.39. The predicted octanol–water partition coefficient (Wildman–Crippen LogP) is 3.72. The molecular formula is C20H27NO2. The molecule has 0 unspecified atom stereocenters. The third-order valence-corrected chi connectivity index (χ3v) is 4.47. The van der Waals surface area contributed by atoms with Gasteiger partial charge in [-0.1, -0.05) is 67.6 Å². The van der Waals surface area contributed by atoms with Crippen molar-refractivity contribution in [3.05, 3.63) is 77.0 Å². The van der Waals surface area contributed by atoms with Gasteiger partial charge in [-0.15, -0.1) is 0 Å². The molecule has 0 saturated heterocycles. The molecule has 0 radical (unpaired) electrons. The number of aliphatic hydroxyl groups is 1. The number of hydrogen-bond donors (Lipinski definition) is 1. The van der Waals surface area contributed by atoms with E-state index < -0.39 is 10.2 Å². The lowest BCUT2D eigenvalue weighted by Gasteiger charge is -2.43. The van der Waals surface area contributed by atoms with Crippen molar-refractivity contribution < 1.29 is 9.75 Å². The Kier molecular flexibility index (Phi) is 5.58.